The van der Waals surface area contributed by atoms with Gasteiger partial charge in [0.15, 0.2) is 0 Å². The van der Waals surface area contributed by atoms with Gasteiger partial charge in [0.05, 0.1) is 0 Å². The first-order chi connectivity index (χ1) is 10.7. The second kappa shape index (κ2) is 5.40. The molecule has 22 heavy (non-hydrogen) atoms. The largest absolute Gasteiger partial charge is 0.136 e. The molecule has 1 heteroatoms. The Hall–Kier alpha value is -1.86. The molecule has 0 atom stereocenters. The summed E-state index contributed by atoms with van der Waals surface area (Å²) in [6.45, 7) is 4.39. The highest BCUT2D eigenvalue weighted by Gasteiger charge is 2.17. The van der Waals surface area contributed by atoms with Gasteiger partial charge < -0.3 is 0 Å². The number of hydrogen-bond donors (Lipinski definition) is 0. The highest BCUT2D eigenvalue weighted by Crippen LogP contribution is 2.40. The van der Waals surface area contributed by atoms with Crippen molar-refractivity contribution in [1.82, 2.24) is 0 Å². The van der Waals surface area contributed by atoms with Crippen LogP contribution < -0.4 is 0 Å². The quantitative estimate of drug-likeness (QED) is 0.524. The van der Waals surface area contributed by atoms with Crippen LogP contribution in [0.1, 0.15) is 40.5 Å². The summed E-state index contributed by atoms with van der Waals surface area (Å²) in [7, 11) is 0. The van der Waals surface area contributed by atoms with Gasteiger partial charge in [-0.2, -0.15) is 0 Å². The molecule has 0 fully saturated rings. The summed E-state index contributed by atoms with van der Waals surface area (Å²) < 4.78 is 1.43. The van der Waals surface area contributed by atoms with E-state index in [0.717, 1.165) is 12.8 Å². The summed E-state index contributed by atoms with van der Waals surface area (Å²) in [6.07, 6.45) is 5.84. The van der Waals surface area contributed by atoms with E-state index in [1.807, 2.05) is 11.3 Å². The molecule has 1 aliphatic carbocycles. The standard InChI is InChI=1S/C21H20S/c1-3-15-5-7-16(8-6-15)17-9-10-18-19-12-14(2)4-11-20(19)22-21(18)13-17/h4-8,11-13H,3,9-10H2,1-2H3. The van der Waals surface area contributed by atoms with Crippen LogP contribution in [0.5, 0.6) is 0 Å². The Kier molecular flexibility index (Phi) is 3.38. The van der Waals surface area contributed by atoms with Gasteiger partial charge in [0.1, 0.15) is 0 Å². The SMILES string of the molecule is CCc1ccc(C2=Cc3sc4ccc(C)cc4c3CC2)cc1. The predicted octanol–water partition coefficient (Wildman–Crippen LogP) is 6.26. The van der Waals surface area contributed by atoms with Crippen LogP contribution in [0.25, 0.3) is 21.7 Å². The van der Waals surface area contributed by atoms with Gasteiger partial charge in [0, 0.05) is 9.58 Å². The zero-order chi connectivity index (χ0) is 15.1. The molecule has 0 radical (unpaired) electrons. The molecule has 3 aromatic rings. The highest BCUT2D eigenvalue weighted by atomic mass is 32.1. The van der Waals surface area contributed by atoms with E-state index in [1.165, 1.54) is 43.6 Å². The minimum absolute atomic E-state index is 1.11. The van der Waals surface area contributed by atoms with Crippen LogP contribution in [-0.2, 0) is 12.8 Å². The van der Waals surface area contributed by atoms with E-state index in [-0.39, 0.29) is 0 Å². The second-order valence-corrected chi connectivity index (χ2v) is 7.25. The van der Waals surface area contributed by atoms with Crippen molar-refractivity contribution in [2.24, 2.45) is 0 Å². The lowest BCUT2D eigenvalue weighted by Crippen LogP contribution is -1.96. The van der Waals surface area contributed by atoms with Crippen molar-refractivity contribution in [3.63, 3.8) is 0 Å². The van der Waals surface area contributed by atoms with Gasteiger partial charge in [0.2, 0.25) is 0 Å². The fraction of sp³-hybridized carbons (Fsp3) is 0.238. The van der Waals surface area contributed by atoms with Crippen LogP contribution in [0, 0.1) is 6.92 Å². The smallest absolute Gasteiger partial charge is 0.0352 e. The highest BCUT2D eigenvalue weighted by molar-refractivity contribution is 7.20. The summed E-state index contributed by atoms with van der Waals surface area (Å²) in [5.41, 5.74) is 7.20. The molecule has 0 amide bonds. The third kappa shape index (κ3) is 2.30. The van der Waals surface area contributed by atoms with Crippen molar-refractivity contribution in [3.8, 4) is 0 Å². The lowest BCUT2D eigenvalue weighted by Gasteiger charge is -2.14. The summed E-state index contributed by atoms with van der Waals surface area (Å²) >= 11 is 1.94. The molecule has 0 N–H and O–H groups in total. The summed E-state index contributed by atoms with van der Waals surface area (Å²) in [4.78, 5) is 1.46. The van der Waals surface area contributed by atoms with E-state index in [1.54, 1.807) is 5.56 Å². The first-order valence-electron chi connectivity index (χ1n) is 8.06. The zero-order valence-corrected chi connectivity index (χ0v) is 14.0. The summed E-state index contributed by atoms with van der Waals surface area (Å²) in [5, 5.41) is 1.47. The lowest BCUT2D eigenvalue weighted by atomic mass is 9.91. The van der Waals surface area contributed by atoms with Crippen LogP contribution >= 0.6 is 11.3 Å². The fourth-order valence-electron chi connectivity index (χ4n) is 3.33. The Labute approximate surface area is 136 Å². The monoisotopic (exact) mass is 304 g/mol. The van der Waals surface area contributed by atoms with Crippen molar-refractivity contribution in [2.45, 2.75) is 33.1 Å². The first kappa shape index (κ1) is 13.8. The number of rotatable bonds is 2. The number of thiophene rings is 1. The molecule has 0 bridgehead atoms. The van der Waals surface area contributed by atoms with Crippen LogP contribution in [0.3, 0.4) is 0 Å². The van der Waals surface area contributed by atoms with E-state index in [9.17, 15) is 0 Å². The van der Waals surface area contributed by atoms with Gasteiger partial charge in [0.25, 0.3) is 0 Å². The van der Waals surface area contributed by atoms with Crippen molar-refractivity contribution in [2.75, 3.05) is 0 Å². The normalized spacial score (nSPS) is 14.0. The Balaban J connectivity index is 1.78. The van der Waals surface area contributed by atoms with Gasteiger partial charge >= 0.3 is 0 Å². The van der Waals surface area contributed by atoms with Crippen molar-refractivity contribution in [3.05, 3.63) is 69.6 Å². The first-order valence-corrected chi connectivity index (χ1v) is 8.88. The van der Waals surface area contributed by atoms with Crippen LogP contribution in [0.2, 0.25) is 0 Å². The van der Waals surface area contributed by atoms with Crippen LogP contribution in [0.15, 0.2) is 42.5 Å². The van der Waals surface area contributed by atoms with E-state index in [4.69, 9.17) is 0 Å². The number of aryl methyl sites for hydroxylation is 3. The van der Waals surface area contributed by atoms with Crippen molar-refractivity contribution < 1.29 is 0 Å². The Morgan fingerprint density at radius 1 is 1.00 bits per heavy atom. The molecule has 0 unspecified atom stereocenters. The fourth-order valence-corrected chi connectivity index (χ4v) is 4.53. The Bertz CT molecular complexity index is 863. The van der Waals surface area contributed by atoms with Gasteiger partial charge in [-0.05, 0) is 66.0 Å². The third-order valence-corrected chi connectivity index (χ3v) is 5.82. The molecule has 0 saturated heterocycles. The third-order valence-electron chi connectivity index (χ3n) is 4.66. The maximum atomic E-state index is 2.42. The summed E-state index contributed by atoms with van der Waals surface area (Å²) in [6, 6.07) is 15.9. The Morgan fingerprint density at radius 3 is 2.59 bits per heavy atom. The molecular weight excluding hydrogens is 284 g/mol. The predicted molar refractivity (Wildman–Crippen MR) is 98.6 cm³/mol. The molecule has 0 aliphatic heterocycles. The maximum absolute atomic E-state index is 2.42. The Morgan fingerprint density at radius 2 is 1.82 bits per heavy atom. The average Bonchev–Trinajstić information content (AvgIpc) is 2.92. The number of hydrogen-bond acceptors (Lipinski definition) is 1. The number of benzene rings is 2. The van der Waals surface area contributed by atoms with Gasteiger partial charge in [-0.25, -0.2) is 0 Å². The van der Waals surface area contributed by atoms with Crippen molar-refractivity contribution >= 4 is 33.1 Å². The molecule has 110 valence electrons. The van der Waals surface area contributed by atoms with Crippen LogP contribution in [0.4, 0.5) is 0 Å². The topological polar surface area (TPSA) is 0 Å². The lowest BCUT2D eigenvalue weighted by molar-refractivity contribution is 1.02. The van der Waals surface area contributed by atoms with Gasteiger partial charge in [-0.15, -0.1) is 11.3 Å². The molecular formula is C21H20S. The number of allylic oxidation sites excluding steroid dienone is 1. The van der Waals surface area contributed by atoms with Gasteiger partial charge in [-0.3, -0.25) is 0 Å². The van der Waals surface area contributed by atoms with E-state index >= 15 is 0 Å². The van der Waals surface area contributed by atoms with Crippen LogP contribution in [-0.4, -0.2) is 0 Å². The summed E-state index contributed by atoms with van der Waals surface area (Å²) in [5.74, 6) is 0. The van der Waals surface area contributed by atoms with E-state index in [2.05, 4.69) is 62.4 Å². The molecule has 0 nitrogen and oxygen atoms in total. The molecule has 0 saturated carbocycles. The molecule has 1 heterocycles. The van der Waals surface area contributed by atoms with E-state index < -0.39 is 0 Å². The molecule has 1 aliphatic rings. The van der Waals surface area contributed by atoms with Gasteiger partial charge in [-0.1, -0.05) is 48.9 Å². The van der Waals surface area contributed by atoms with Crippen molar-refractivity contribution in [1.29, 1.82) is 0 Å². The zero-order valence-electron chi connectivity index (χ0n) is 13.1. The minimum atomic E-state index is 1.11. The number of fused-ring (bicyclic) bond motifs is 3. The maximum Gasteiger partial charge on any atom is 0.0352 e. The molecule has 1 aromatic heterocycles. The molecule has 2 aromatic carbocycles. The average molecular weight is 304 g/mol. The second-order valence-electron chi connectivity index (χ2n) is 6.16. The van der Waals surface area contributed by atoms with E-state index in [0.29, 0.717) is 0 Å². The molecule has 0 spiro atoms. The molecule has 4 rings (SSSR count). The minimum Gasteiger partial charge on any atom is -0.136 e.